The number of carbonyl (C=O) groups is 1. The van der Waals surface area contributed by atoms with Gasteiger partial charge in [0.05, 0.1) is 6.54 Å². The molecule has 0 saturated heterocycles. The highest BCUT2D eigenvalue weighted by molar-refractivity contribution is 5.69. The van der Waals surface area contributed by atoms with Gasteiger partial charge in [0.2, 0.25) is 0 Å². The number of carboxylic acids is 1. The minimum Gasteiger partial charge on any atom is -0.480 e. The molecule has 98 valence electrons. The molecular formula is C15H21NO2. The first-order chi connectivity index (χ1) is 8.70. The Kier molecular flexibility index (Phi) is 4.37. The van der Waals surface area contributed by atoms with Gasteiger partial charge in [-0.3, -0.25) is 9.69 Å². The third kappa shape index (κ3) is 3.57. The Bertz CT molecular complexity index is 391. The molecule has 0 aliphatic heterocycles. The first kappa shape index (κ1) is 13.1. The number of nitrogens with zero attached hydrogens (tertiary/aromatic N) is 1. The molecule has 1 aromatic carbocycles. The van der Waals surface area contributed by atoms with Crippen molar-refractivity contribution >= 4 is 5.97 Å². The van der Waals surface area contributed by atoms with Gasteiger partial charge in [-0.05, 0) is 36.8 Å². The fourth-order valence-electron chi connectivity index (χ4n) is 2.63. The third-order valence-corrected chi connectivity index (χ3v) is 3.54. The summed E-state index contributed by atoms with van der Waals surface area (Å²) in [6.07, 6.45) is 2.21. The Morgan fingerprint density at radius 2 is 2.11 bits per heavy atom. The van der Waals surface area contributed by atoms with Crippen LogP contribution in [0.1, 0.15) is 31.2 Å². The van der Waals surface area contributed by atoms with E-state index in [-0.39, 0.29) is 6.54 Å². The van der Waals surface area contributed by atoms with Gasteiger partial charge in [0.25, 0.3) is 0 Å². The average molecular weight is 247 g/mol. The highest BCUT2D eigenvalue weighted by Crippen LogP contribution is 2.47. The van der Waals surface area contributed by atoms with Gasteiger partial charge in [0, 0.05) is 6.54 Å². The molecule has 2 atom stereocenters. The summed E-state index contributed by atoms with van der Waals surface area (Å²) < 4.78 is 0. The Labute approximate surface area is 108 Å². The Balaban J connectivity index is 1.85. The molecule has 1 aliphatic carbocycles. The van der Waals surface area contributed by atoms with Crippen molar-refractivity contribution in [2.45, 2.75) is 25.7 Å². The van der Waals surface area contributed by atoms with Crippen LogP contribution in [0.15, 0.2) is 30.3 Å². The first-order valence-electron chi connectivity index (χ1n) is 6.69. The lowest BCUT2D eigenvalue weighted by Crippen LogP contribution is -2.32. The SMILES string of the molecule is CCCN(CC(=O)O)CC1CC1c1ccccc1. The number of hydrogen-bond acceptors (Lipinski definition) is 2. The minimum absolute atomic E-state index is 0.172. The second-order valence-corrected chi connectivity index (χ2v) is 5.14. The summed E-state index contributed by atoms with van der Waals surface area (Å²) in [5.74, 6) is 0.554. The Morgan fingerprint density at radius 3 is 2.72 bits per heavy atom. The van der Waals surface area contributed by atoms with E-state index < -0.39 is 5.97 Å². The van der Waals surface area contributed by atoms with Crippen LogP contribution < -0.4 is 0 Å². The molecule has 1 N–H and O–H groups in total. The van der Waals surface area contributed by atoms with Gasteiger partial charge in [0.1, 0.15) is 0 Å². The molecule has 1 aromatic rings. The zero-order chi connectivity index (χ0) is 13.0. The molecule has 1 fully saturated rings. The van der Waals surface area contributed by atoms with E-state index in [4.69, 9.17) is 5.11 Å². The normalized spacial score (nSPS) is 22.1. The smallest absolute Gasteiger partial charge is 0.317 e. The van der Waals surface area contributed by atoms with Crippen LogP contribution in [-0.2, 0) is 4.79 Å². The maximum atomic E-state index is 10.8. The van der Waals surface area contributed by atoms with Gasteiger partial charge in [-0.15, -0.1) is 0 Å². The van der Waals surface area contributed by atoms with Gasteiger partial charge in [-0.2, -0.15) is 0 Å². The Morgan fingerprint density at radius 1 is 1.39 bits per heavy atom. The largest absolute Gasteiger partial charge is 0.480 e. The molecule has 3 nitrogen and oxygen atoms in total. The molecule has 0 aromatic heterocycles. The van der Waals surface area contributed by atoms with Crippen molar-refractivity contribution in [1.82, 2.24) is 4.90 Å². The third-order valence-electron chi connectivity index (χ3n) is 3.54. The van der Waals surface area contributed by atoms with Crippen molar-refractivity contribution in [3.05, 3.63) is 35.9 Å². The number of rotatable bonds is 7. The lowest BCUT2D eigenvalue weighted by molar-refractivity contribution is -0.138. The molecule has 0 radical (unpaired) electrons. The summed E-state index contributed by atoms with van der Waals surface area (Å²) in [7, 11) is 0. The zero-order valence-electron chi connectivity index (χ0n) is 10.9. The molecule has 2 unspecified atom stereocenters. The van der Waals surface area contributed by atoms with Crippen LogP contribution in [0.3, 0.4) is 0 Å². The lowest BCUT2D eigenvalue weighted by Gasteiger charge is -2.19. The van der Waals surface area contributed by atoms with Crippen molar-refractivity contribution in [3.63, 3.8) is 0 Å². The molecule has 0 heterocycles. The number of hydrogen-bond donors (Lipinski definition) is 1. The van der Waals surface area contributed by atoms with Crippen LogP contribution in [0.5, 0.6) is 0 Å². The average Bonchev–Trinajstić information content (AvgIpc) is 3.09. The Hall–Kier alpha value is -1.35. The molecule has 0 bridgehead atoms. The second kappa shape index (κ2) is 6.01. The predicted molar refractivity (Wildman–Crippen MR) is 71.7 cm³/mol. The van der Waals surface area contributed by atoms with E-state index in [2.05, 4.69) is 36.1 Å². The van der Waals surface area contributed by atoms with Crippen LogP contribution in [0.4, 0.5) is 0 Å². The fourth-order valence-corrected chi connectivity index (χ4v) is 2.63. The van der Waals surface area contributed by atoms with Crippen LogP contribution >= 0.6 is 0 Å². The van der Waals surface area contributed by atoms with E-state index in [1.807, 2.05) is 6.07 Å². The maximum absolute atomic E-state index is 10.8. The van der Waals surface area contributed by atoms with E-state index in [0.717, 1.165) is 19.5 Å². The summed E-state index contributed by atoms with van der Waals surface area (Å²) in [6.45, 7) is 4.06. The van der Waals surface area contributed by atoms with Crippen molar-refractivity contribution in [3.8, 4) is 0 Å². The number of benzene rings is 1. The van der Waals surface area contributed by atoms with Gasteiger partial charge in [-0.1, -0.05) is 37.3 Å². The van der Waals surface area contributed by atoms with Gasteiger partial charge in [-0.25, -0.2) is 0 Å². The van der Waals surface area contributed by atoms with E-state index in [1.165, 1.54) is 12.0 Å². The van der Waals surface area contributed by atoms with Crippen LogP contribution in [-0.4, -0.2) is 35.6 Å². The molecule has 18 heavy (non-hydrogen) atoms. The highest BCUT2D eigenvalue weighted by atomic mass is 16.4. The quantitative estimate of drug-likeness (QED) is 0.805. The van der Waals surface area contributed by atoms with Gasteiger partial charge >= 0.3 is 5.97 Å². The molecule has 1 saturated carbocycles. The van der Waals surface area contributed by atoms with E-state index in [1.54, 1.807) is 0 Å². The molecule has 0 amide bonds. The van der Waals surface area contributed by atoms with Crippen molar-refractivity contribution in [2.24, 2.45) is 5.92 Å². The number of aliphatic carboxylic acids is 1. The molecule has 3 heteroatoms. The minimum atomic E-state index is -0.722. The number of carboxylic acid groups (broad SMARTS) is 1. The van der Waals surface area contributed by atoms with Crippen molar-refractivity contribution < 1.29 is 9.90 Å². The second-order valence-electron chi connectivity index (χ2n) is 5.14. The van der Waals surface area contributed by atoms with Crippen molar-refractivity contribution in [2.75, 3.05) is 19.6 Å². The summed E-state index contributed by atoms with van der Waals surface area (Å²) >= 11 is 0. The van der Waals surface area contributed by atoms with E-state index in [9.17, 15) is 4.79 Å². The topological polar surface area (TPSA) is 40.5 Å². The monoisotopic (exact) mass is 247 g/mol. The molecule has 2 rings (SSSR count). The predicted octanol–water partition coefficient (Wildman–Crippen LogP) is 2.59. The summed E-state index contributed by atoms with van der Waals surface area (Å²) in [4.78, 5) is 12.9. The van der Waals surface area contributed by atoms with E-state index in [0.29, 0.717) is 11.8 Å². The van der Waals surface area contributed by atoms with Crippen LogP contribution in [0.2, 0.25) is 0 Å². The summed E-state index contributed by atoms with van der Waals surface area (Å²) in [6, 6.07) is 10.5. The van der Waals surface area contributed by atoms with Crippen molar-refractivity contribution in [1.29, 1.82) is 0 Å². The fraction of sp³-hybridized carbons (Fsp3) is 0.533. The van der Waals surface area contributed by atoms with Gasteiger partial charge in [0.15, 0.2) is 0 Å². The lowest BCUT2D eigenvalue weighted by atomic mass is 10.1. The maximum Gasteiger partial charge on any atom is 0.317 e. The van der Waals surface area contributed by atoms with Gasteiger partial charge < -0.3 is 5.11 Å². The first-order valence-corrected chi connectivity index (χ1v) is 6.69. The molecule has 0 spiro atoms. The van der Waals surface area contributed by atoms with E-state index >= 15 is 0 Å². The zero-order valence-corrected chi connectivity index (χ0v) is 10.9. The summed E-state index contributed by atoms with van der Waals surface area (Å²) in [5.41, 5.74) is 1.40. The summed E-state index contributed by atoms with van der Waals surface area (Å²) in [5, 5.41) is 8.89. The highest BCUT2D eigenvalue weighted by Gasteiger charge is 2.39. The van der Waals surface area contributed by atoms with Crippen LogP contribution in [0.25, 0.3) is 0 Å². The standard InChI is InChI=1S/C15H21NO2/c1-2-8-16(11-15(17)18)10-13-9-14(13)12-6-4-3-5-7-12/h3-7,13-14H,2,8-11H2,1H3,(H,17,18). The van der Waals surface area contributed by atoms with Crippen LogP contribution in [0, 0.1) is 5.92 Å². The molecule has 1 aliphatic rings. The molecular weight excluding hydrogens is 226 g/mol.